The van der Waals surface area contributed by atoms with Crippen molar-refractivity contribution >= 4 is 63.8 Å². The van der Waals surface area contributed by atoms with Gasteiger partial charge in [-0.05, 0) is 72.1 Å². The summed E-state index contributed by atoms with van der Waals surface area (Å²) in [5, 5.41) is 8.64. The van der Waals surface area contributed by atoms with Gasteiger partial charge < -0.3 is 24.1 Å². The van der Waals surface area contributed by atoms with E-state index in [0.717, 1.165) is 33.1 Å². The molecule has 0 saturated heterocycles. The average Bonchev–Trinajstić information content (AvgIpc) is 2.88. The number of fused-ring (bicyclic) bond motifs is 3. The van der Waals surface area contributed by atoms with Crippen molar-refractivity contribution in [3.05, 3.63) is 100 Å². The van der Waals surface area contributed by atoms with Gasteiger partial charge >= 0.3 is 0 Å². The first-order valence-electron chi connectivity index (χ1n) is 10.7. The second-order valence-corrected chi connectivity index (χ2v) is 12.7. The predicted octanol–water partition coefficient (Wildman–Crippen LogP) is 5.46. The normalized spacial score (nSPS) is 20.8. The SMILES string of the molecule is COc1ccc(P2(=S)NC(=S)C3=C(N2)Oc2c(c(=S)oc4ccccc24)C3c2cccnc2)cc1. The van der Waals surface area contributed by atoms with E-state index in [9.17, 15) is 0 Å². The standard InChI is InChI=1S/C25H18N3O3PS3/c1-29-15-8-10-16(11-9-15)32(35)27-23-21(24(33)28-32)19(14-5-4-12-26-13-14)20-22(31-23)17-6-2-3-7-18(17)30-25(20)34/h2-13,19H,1H3,(H2,27,28,33,35). The number of aromatic nitrogens is 1. The lowest BCUT2D eigenvalue weighted by Gasteiger charge is -2.39. The molecular formula is C25H18N3O3PS3. The average molecular weight is 536 g/mol. The summed E-state index contributed by atoms with van der Waals surface area (Å²) >= 11 is 17.7. The van der Waals surface area contributed by atoms with Crippen LogP contribution in [0.2, 0.25) is 0 Å². The van der Waals surface area contributed by atoms with Gasteiger partial charge in [-0.15, -0.1) is 0 Å². The summed E-state index contributed by atoms with van der Waals surface area (Å²) in [5.41, 5.74) is 3.07. The monoisotopic (exact) mass is 535 g/mol. The third-order valence-electron chi connectivity index (χ3n) is 6.04. The summed E-state index contributed by atoms with van der Waals surface area (Å²) in [6.07, 6.45) is 0.989. The minimum atomic E-state index is -2.56. The van der Waals surface area contributed by atoms with Gasteiger partial charge in [0, 0.05) is 17.7 Å². The zero-order chi connectivity index (χ0) is 24.2. The van der Waals surface area contributed by atoms with Crippen molar-refractivity contribution in [1.82, 2.24) is 15.2 Å². The van der Waals surface area contributed by atoms with E-state index in [1.54, 1.807) is 13.3 Å². The molecule has 2 N–H and O–H groups in total. The second kappa shape index (κ2) is 8.53. The summed E-state index contributed by atoms with van der Waals surface area (Å²) in [6.45, 7) is 0. The number of hydrogen-bond donors (Lipinski definition) is 2. The molecule has 6 nitrogen and oxygen atoms in total. The molecule has 0 radical (unpaired) electrons. The van der Waals surface area contributed by atoms with Crippen LogP contribution in [0.3, 0.4) is 0 Å². The van der Waals surface area contributed by atoms with E-state index < -0.39 is 6.34 Å². The van der Waals surface area contributed by atoms with Gasteiger partial charge in [-0.1, -0.05) is 30.4 Å². The molecule has 0 bridgehead atoms. The van der Waals surface area contributed by atoms with E-state index >= 15 is 0 Å². The Morgan fingerprint density at radius 3 is 2.54 bits per heavy atom. The first-order valence-corrected chi connectivity index (χ1v) is 14.3. The lowest BCUT2D eigenvalue weighted by molar-refractivity contribution is 0.379. The predicted molar refractivity (Wildman–Crippen MR) is 147 cm³/mol. The highest BCUT2D eigenvalue weighted by atomic mass is 32.4. The fourth-order valence-corrected chi connectivity index (χ4v) is 8.14. The van der Waals surface area contributed by atoms with E-state index in [1.165, 1.54) is 0 Å². The van der Waals surface area contributed by atoms with Crippen molar-refractivity contribution in [3.8, 4) is 11.5 Å². The summed E-state index contributed by atoms with van der Waals surface area (Å²) in [5.74, 6) is 1.58. The Morgan fingerprint density at radius 2 is 1.80 bits per heavy atom. The lowest BCUT2D eigenvalue weighted by atomic mass is 9.84. The van der Waals surface area contributed by atoms with Crippen LogP contribution in [0.5, 0.6) is 11.5 Å². The molecule has 0 amide bonds. The molecule has 0 aliphatic carbocycles. The molecule has 35 heavy (non-hydrogen) atoms. The molecule has 2 aromatic carbocycles. The minimum Gasteiger partial charge on any atom is -0.497 e. The number of para-hydroxylation sites is 1. The van der Waals surface area contributed by atoms with Crippen molar-refractivity contribution in [2.45, 2.75) is 5.92 Å². The van der Waals surface area contributed by atoms with E-state index in [2.05, 4.69) is 15.2 Å². The Labute approximate surface area is 217 Å². The fourth-order valence-electron chi connectivity index (χ4n) is 4.42. The van der Waals surface area contributed by atoms with Crippen LogP contribution >= 0.6 is 30.8 Å². The van der Waals surface area contributed by atoms with Gasteiger partial charge in [0.15, 0.2) is 11.0 Å². The Balaban J connectivity index is 1.57. The Hall–Kier alpha value is -3.10. The molecule has 2 aromatic heterocycles. The quantitative estimate of drug-likeness (QED) is 0.263. The Bertz CT molecular complexity index is 1640. The maximum atomic E-state index is 6.54. The lowest BCUT2D eigenvalue weighted by Crippen LogP contribution is -2.43. The summed E-state index contributed by atoms with van der Waals surface area (Å²) in [4.78, 5) is 4.86. The number of thiocarbonyl (C=S) groups is 1. The van der Waals surface area contributed by atoms with Gasteiger partial charge in [-0.25, -0.2) is 0 Å². The number of pyridine rings is 1. The smallest absolute Gasteiger partial charge is 0.205 e. The van der Waals surface area contributed by atoms with Gasteiger partial charge in [0.1, 0.15) is 22.1 Å². The number of ether oxygens (including phenoxy) is 2. The second-order valence-electron chi connectivity index (χ2n) is 8.05. The molecule has 6 rings (SSSR count). The van der Waals surface area contributed by atoms with Crippen molar-refractivity contribution < 1.29 is 13.9 Å². The number of nitrogens with one attached hydrogen (secondary N) is 2. The topological polar surface area (TPSA) is 68.5 Å². The molecule has 2 aliphatic rings. The van der Waals surface area contributed by atoms with E-state index in [1.807, 2.05) is 66.9 Å². The van der Waals surface area contributed by atoms with E-state index in [4.69, 9.17) is 50.1 Å². The van der Waals surface area contributed by atoms with E-state index in [0.29, 0.717) is 26.9 Å². The molecule has 4 heterocycles. The summed E-state index contributed by atoms with van der Waals surface area (Å²) < 4.78 is 18.2. The van der Waals surface area contributed by atoms with Crippen molar-refractivity contribution in [3.63, 3.8) is 0 Å². The molecule has 2 unspecified atom stereocenters. The Kier molecular flexibility index (Phi) is 5.45. The van der Waals surface area contributed by atoms with Crippen LogP contribution in [-0.4, -0.2) is 17.1 Å². The fraction of sp³-hybridized carbons (Fsp3) is 0.0800. The zero-order valence-electron chi connectivity index (χ0n) is 18.3. The number of methoxy groups -OCH3 is 1. The summed E-state index contributed by atoms with van der Waals surface area (Å²) in [7, 11) is 1.63. The van der Waals surface area contributed by atoms with Crippen molar-refractivity contribution in [2.24, 2.45) is 0 Å². The molecular weight excluding hydrogens is 517 g/mol. The van der Waals surface area contributed by atoms with Crippen LogP contribution in [0.15, 0.2) is 88.9 Å². The molecule has 174 valence electrons. The van der Waals surface area contributed by atoms with Crippen LogP contribution in [0, 0.1) is 4.71 Å². The first-order chi connectivity index (χ1) is 17.0. The highest BCUT2D eigenvalue weighted by molar-refractivity contribution is 8.17. The van der Waals surface area contributed by atoms with Crippen LogP contribution in [0.4, 0.5) is 0 Å². The first kappa shape index (κ1) is 22.4. The third kappa shape index (κ3) is 3.67. The van der Waals surface area contributed by atoms with Crippen molar-refractivity contribution in [1.29, 1.82) is 0 Å². The van der Waals surface area contributed by atoms with E-state index in [-0.39, 0.29) is 5.92 Å². The molecule has 10 heteroatoms. The minimum absolute atomic E-state index is 0.338. The van der Waals surface area contributed by atoms with Crippen LogP contribution in [-0.2, 0) is 11.8 Å². The number of nitrogens with zero attached hydrogens (tertiary/aromatic N) is 1. The van der Waals surface area contributed by atoms with Gasteiger partial charge in [-0.2, -0.15) is 0 Å². The highest BCUT2D eigenvalue weighted by Gasteiger charge is 2.42. The maximum Gasteiger partial charge on any atom is 0.205 e. The molecule has 0 saturated carbocycles. The summed E-state index contributed by atoms with van der Waals surface area (Å²) in [6, 6.07) is 19.2. The van der Waals surface area contributed by atoms with Crippen LogP contribution < -0.4 is 25.0 Å². The van der Waals surface area contributed by atoms with Crippen LogP contribution in [0.1, 0.15) is 17.0 Å². The zero-order valence-corrected chi connectivity index (χ0v) is 21.7. The largest absolute Gasteiger partial charge is 0.497 e. The number of benzene rings is 2. The van der Waals surface area contributed by atoms with Gasteiger partial charge in [0.2, 0.25) is 5.88 Å². The molecule has 0 spiro atoms. The van der Waals surface area contributed by atoms with Crippen LogP contribution in [0.25, 0.3) is 11.0 Å². The third-order valence-corrected chi connectivity index (χ3v) is 10.1. The maximum absolute atomic E-state index is 6.54. The highest BCUT2D eigenvalue weighted by Crippen LogP contribution is 2.51. The molecule has 4 aromatic rings. The number of hydrogen-bond acceptors (Lipinski definition) is 7. The molecule has 0 fully saturated rings. The van der Waals surface area contributed by atoms with Gasteiger partial charge in [0.25, 0.3) is 0 Å². The van der Waals surface area contributed by atoms with Crippen molar-refractivity contribution in [2.75, 3.05) is 7.11 Å². The molecule has 2 aliphatic heterocycles. The number of rotatable bonds is 3. The molecule has 2 atom stereocenters. The van der Waals surface area contributed by atoms with Gasteiger partial charge in [0.05, 0.1) is 29.6 Å². The van der Waals surface area contributed by atoms with Gasteiger partial charge in [-0.3, -0.25) is 4.98 Å². The Morgan fingerprint density at radius 1 is 1.00 bits per heavy atom.